The number of aliphatic hydroxyl groups is 1. The largest absolute Gasteiger partial charge is 0.388 e. The molecule has 0 aliphatic carbocycles. The highest BCUT2D eigenvalue weighted by molar-refractivity contribution is 9.10. The maximum absolute atomic E-state index is 13.7. The average molecular weight is 330 g/mol. The standard InChI is InChI=1S/C13H13BrFNOS/c14-8-3-4-11(15)9(6-8)13(17)10(7-16)12-2-1-5-18-12/h1-6,10,13,17H,7,16H2. The number of hydrogen-bond donors (Lipinski definition) is 2. The Balaban J connectivity index is 2.34. The number of rotatable bonds is 4. The molecule has 0 saturated heterocycles. The molecule has 2 nitrogen and oxygen atoms in total. The summed E-state index contributed by atoms with van der Waals surface area (Å²) in [4.78, 5) is 0.962. The second-order valence-electron chi connectivity index (χ2n) is 3.97. The van der Waals surface area contributed by atoms with Crippen LogP contribution in [0, 0.1) is 5.82 Å². The predicted octanol–water partition coefficient (Wildman–Crippen LogP) is 3.43. The van der Waals surface area contributed by atoms with E-state index in [4.69, 9.17) is 5.73 Å². The Kier molecular flexibility index (Phi) is 4.50. The number of halogens is 2. The van der Waals surface area contributed by atoms with E-state index in [9.17, 15) is 9.50 Å². The summed E-state index contributed by atoms with van der Waals surface area (Å²) in [5, 5.41) is 12.2. The first kappa shape index (κ1) is 13.7. The highest BCUT2D eigenvalue weighted by Gasteiger charge is 2.24. The van der Waals surface area contributed by atoms with Gasteiger partial charge in [-0.15, -0.1) is 11.3 Å². The molecule has 2 atom stereocenters. The fourth-order valence-electron chi connectivity index (χ4n) is 1.86. The predicted molar refractivity (Wildman–Crippen MR) is 75.2 cm³/mol. The summed E-state index contributed by atoms with van der Waals surface area (Å²) in [5.41, 5.74) is 5.97. The number of aliphatic hydroxyl groups excluding tert-OH is 1. The van der Waals surface area contributed by atoms with Crippen molar-refractivity contribution >= 4 is 27.3 Å². The van der Waals surface area contributed by atoms with E-state index in [0.717, 1.165) is 9.35 Å². The van der Waals surface area contributed by atoms with Crippen LogP contribution in [-0.2, 0) is 0 Å². The van der Waals surface area contributed by atoms with Crippen LogP contribution < -0.4 is 5.73 Å². The fourth-order valence-corrected chi connectivity index (χ4v) is 3.11. The number of nitrogens with two attached hydrogens (primary N) is 1. The van der Waals surface area contributed by atoms with Crippen molar-refractivity contribution in [1.82, 2.24) is 0 Å². The maximum atomic E-state index is 13.7. The molecule has 3 N–H and O–H groups in total. The highest BCUT2D eigenvalue weighted by atomic mass is 79.9. The van der Waals surface area contributed by atoms with E-state index in [0.29, 0.717) is 0 Å². The molecule has 18 heavy (non-hydrogen) atoms. The zero-order chi connectivity index (χ0) is 13.1. The number of benzene rings is 1. The summed E-state index contributed by atoms with van der Waals surface area (Å²) in [6, 6.07) is 8.34. The van der Waals surface area contributed by atoms with E-state index in [2.05, 4.69) is 15.9 Å². The first-order valence-corrected chi connectivity index (χ1v) is 7.17. The third-order valence-corrected chi connectivity index (χ3v) is 4.32. The van der Waals surface area contributed by atoms with Crippen LogP contribution in [0.25, 0.3) is 0 Å². The topological polar surface area (TPSA) is 46.2 Å². The van der Waals surface area contributed by atoms with Gasteiger partial charge < -0.3 is 10.8 Å². The Hall–Kier alpha value is -0.750. The first-order valence-electron chi connectivity index (χ1n) is 5.50. The smallest absolute Gasteiger partial charge is 0.129 e. The Morgan fingerprint density at radius 1 is 1.39 bits per heavy atom. The second kappa shape index (κ2) is 5.93. The van der Waals surface area contributed by atoms with E-state index < -0.39 is 11.9 Å². The van der Waals surface area contributed by atoms with Gasteiger partial charge in [-0.25, -0.2) is 4.39 Å². The Labute approximate surface area is 117 Å². The van der Waals surface area contributed by atoms with E-state index in [-0.39, 0.29) is 18.0 Å². The van der Waals surface area contributed by atoms with Gasteiger partial charge in [-0.1, -0.05) is 22.0 Å². The van der Waals surface area contributed by atoms with Crippen molar-refractivity contribution < 1.29 is 9.50 Å². The minimum absolute atomic E-state index is 0.271. The van der Waals surface area contributed by atoms with Crippen molar-refractivity contribution in [2.24, 2.45) is 5.73 Å². The van der Waals surface area contributed by atoms with E-state index in [1.165, 1.54) is 17.4 Å². The molecule has 5 heteroatoms. The molecule has 2 rings (SSSR count). The van der Waals surface area contributed by atoms with Gasteiger partial charge in [0, 0.05) is 27.4 Å². The van der Waals surface area contributed by atoms with E-state index in [1.54, 1.807) is 12.1 Å². The van der Waals surface area contributed by atoms with Crippen molar-refractivity contribution in [3.05, 3.63) is 56.4 Å². The lowest BCUT2D eigenvalue weighted by Gasteiger charge is -2.21. The Morgan fingerprint density at radius 3 is 2.78 bits per heavy atom. The zero-order valence-electron chi connectivity index (χ0n) is 9.51. The van der Waals surface area contributed by atoms with Crippen LogP contribution in [-0.4, -0.2) is 11.7 Å². The lowest BCUT2D eigenvalue weighted by Crippen LogP contribution is -2.20. The summed E-state index contributed by atoms with van der Waals surface area (Å²) in [6.45, 7) is 0.271. The van der Waals surface area contributed by atoms with Crippen LogP contribution in [0.2, 0.25) is 0 Å². The molecule has 96 valence electrons. The third kappa shape index (κ3) is 2.80. The van der Waals surface area contributed by atoms with Gasteiger partial charge in [0.2, 0.25) is 0 Å². The molecule has 0 aliphatic rings. The SMILES string of the molecule is NCC(c1cccs1)C(O)c1cc(Br)ccc1F. The number of thiophene rings is 1. The Morgan fingerprint density at radius 2 is 2.17 bits per heavy atom. The van der Waals surface area contributed by atoms with Crippen LogP contribution >= 0.6 is 27.3 Å². The van der Waals surface area contributed by atoms with Crippen LogP contribution in [0.1, 0.15) is 22.5 Å². The fraction of sp³-hybridized carbons (Fsp3) is 0.231. The quantitative estimate of drug-likeness (QED) is 0.902. The lowest BCUT2D eigenvalue weighted by molar-refractivity contribution is 0.144. The average Bonchev–Trinajstić information content (AvgIpc) is 2.87. The van der Waals surface area contributed by atoms with Gasteiger partial charge in [0.05, 0.1) is 6.10 Å². The molecule has 0 amide bonds. The van der Waals surface area contributed by atoms with E-state index >= 15 is 0 Å². The molecular formula is C13H13BrFNOS. The molecular weight excluding hydrogens is 317 g/mol. The minimum atomic E-state index is -0.939. The molecule has 0 aliphatic heterocycles. The van der Waals surface area contributed by atoms with Crippen molar-refractivity contribution in [2.75, 3.05) is 6.54 Å². The van der Waals surface area contributed by atoms with E-state index in [1.807, 2.05) is 17.5 Å². The van der Waals surface area contributed by atoms with Gasteiger partial charge in [0.15, 0.2) is 0 Å². The van der Waals surface area contributed by atoms with Crippen LogP contribution in [0.5, 0.6) is 0 Å². The molecule has 2 unspecified atom stereocenters. The molecule has 0 saturated carbocycles. The summed E-state index contributed by atoms with van der Waals surface area (Å²) >= 11 is 4.79. The van der Waals surface area contributed by atoms with Gasteiger partial charge in [-0.05, 0) is 29.6 Å². The van der Waals surface area contributed by atoms with Gasteiger partial charge in [0.1, 0.15) is 5.82 Å². The molecule has 1 aromatic carbocycles. The van der Waals surface area contributed by atoms with Crippen molar-refractivity contribution in [2.45, 2.75) is 12.0 Å². The maximum Gasteiger partial charge on any atom is 0.129 e. The molecule has 0 radical (unpaired) electrons. The van der Waals surface area contributed by atoms with Gasteiger partial charge in [-0.3, -0.25) is 0 Å². The van der Waals surface area contributed by atoms with Crippen molar-refractivity contribution in [3.8, 4) is 0 Å². The molecule has 2 aromatic rings. The monoisotopic (exact) mass is 329 g/mol. The normalized spacial score (nSPS) is 14.4. The molecule has 1 aromatic heterocycles. The van der Waals surface area contributed by atoms with Crippen LogP contribution in [0.4, 0.5) is 4.39 Å². The highest BCUT2D eigenvalue weighted by Crippen LogP contribution is 2.34. The Bertz CT molecular complexity index is 518. The molecule has 0 fully saturated rings. The molecule has 0 spiro atoms. The number of hydrogen-bond acceptors (Lipinski definition) is 3. The summed E-state index contributed by atoms with van der Waals surface area (Å²) in [6.07, 6.45) is -0.939. The summed E-state index contributed by atoms with van der Waals surface area (Å²) in [5.74, 6) is -0.700. The minimum Gasteiger partial charge on any atom is -0.388 e. The first-order chi connectivity index (χ1) is 8.63. The summed E-state index contributed by atoms with van der Waals surface area (Å²) in [7, 11) is 0. The van der Waals surface area contributed by atoms with Crippen molar-refractivity contribution in [1.29, 1.82) is 0 Å². The van der Waals surface area contributed by atoms with Gasteiger partial charge >= 0.3 is 0 Å². The second-order valence-corrected chi connectivity index (χ2v) is 5.86. The third-order valence-electron chi connectivity index (χ3n) is 2.82. The van der Waals surface area contributed by atoms with Gasteiger partial charge in [0.25, 0.3) is 0 Å². The summed E-state index contributed by atoms with van der Waals surface area (Å²) < 4.78 is 14.5. The molecule has 1 heterocycles. The van der Waals surface area contributed by atoms with Gasteiger partial charge in [-0.2, -0.15) is 0 Å². The lowest BCUT2D eigenvalue weighted by atomic mass is 9.94. The van der Waals surface area contributed by atoms with Crippen LogP contribution in [0.3, 0.4) is 0 Å². The zero-order valence-corrected chi connectivity index (χ0v) is 11.9. The molecule has 0 bridgehead atoms. The van der Waals surface area contributed by atoms with Crippen LogP contribution in [0.15, 0.2) is 40.2 Å². The van der Waals surface area contributed by atoms with Crippen molar-refractivity contribution in [3.63, 3.8) is 0 Å².